The van der Waals surface area contributed by atoms with Gasteiger partial charge in [0.25, 0.3) is 0 Å². The molecule has 0 aliphatic carbocycles. The number of nitrogens with two attached hydrogens (primary N) is 1. The quantitative estimate of drug-likeness (QED) is 0.459. The predicted molar refractivity (Wildman–Crippen MR) is 114 cm³/mol. The molecule has 0 bridgehead atoms. The second-order valence-corrected chi connectivity index (χ2v) is 8.97. The second-order valence-electron chi connectivity index (χ2n) is 7.01. The summed E-state index contributed by atoms with van der Waals surface area (Å²) in [5.41, 5.74) is 8.19. The van der Waals surface area contributed by atoms with Gasteiger partial charge in [-0.05, 0) is 30.7 Å². The summed E-state index contributed by atoms with van der Waals surface area (Å²) in [5.74, 6) is -0.698. The van der Waals surface area contributed by atoms with Gasteiger partial charge in [-0.25, -0.2) is 8.42 Å². The Kier molecular flexibility index (Phi) is 5.04. The lowest BCUT2D eigenvalue weighted by molar-refractivity contribution is -0.113. The van der Waals surface area contributed by atoms with Gasteiger partial charge in [0.2, 0.25) is 5.91 Å². The van der Waals surface area contributed by atoms with E-state index in [9.17, 15) is 13.2 Å². The normalized spacial score (nSPS) is 11.6. The number of rotatable bonds is 6. The van der Waals surface area contributed by atoms with E-state index >= 15 is 0 Å². The zero-order valence-corrected chi connectivity index (χ0v) is 17.0. The number of carbonyl (C=O) groups is 1. The first-order valence-corrected chi connectivity index (χ1v) is 10.9. The Balaban J connectivity index is 1.65. The highest BCUT2D eigenvalue weighted by molar-refractivity contribution is 7.92. The summed E-state index contributed by atoms with van der Waals surface area (Å²) >= 11 is 0. The molecule has 4 rings (SSSR count). The van der Waals surface area contributed by atoms with Crippen LogP contribution in [0.2, 0.25) is 0 Å². The lowest BCUT2D eigenvalue weighted by atomic mass is 10.2. The highest BCUT2D eigenvalue weighted by Gasteiger charge is 2.25. The van der Waals surface area contributed by atoms with Gasteiger partial charge < -0.3 is 20.1 Å². The molecule has 0 unspecified atom stereocenters. The minimum Gasteiger partial charge on any atom is -0.399 e. The monoisotopic (exact) mass is 424 g/mol. The van der Waals surface area contributed by atoms with Crippen molar-refractivity contribution in [2.75, 3.05) is 16.8 Å². The van der Waals surface area contributed by atoms with Gasteiger partial charge in [-0.2, -0.15) is 0 Å². The van der Waals surface area contributed by atoms with Crippen molar-refractivity contribution in [1.29, 1.82) is 0 Å². The van der Waals surface area contributed by atoms with Crippen LogP contribution in [0.4, 0.5) is 11.5 Å². The van der Waals surface area contributed by atoms with E-state index in [1.165, 1.54) is 6.07 Å². The summed E-state index contributed by atoms with van der Waals surface area (Å²) in [5, 5.41) is 6.66. The summed E-state index contributed by atoms with van der Waals surface area (Å²) < 4.78 is 32.8. The zero-order valence-electron chi connectivity index (χ0n) is 16.2. The molecule has 2 aromatic carbocycles. The number of aromatic nitrogens is 2. The lowest BCUT2D eigenvalue weighted by Gasteiger charge is -2.06. The molecule has 0 spiro atoms. The second kappa shape index (κ2) is 7.68. The molecular formula is C21H20N4O4S. The SMILES string of the molecule is Cc1cc(NC(=O)CS(=O)(=O)c2cn(Cc3cccc(N)c3)c3ccccc23)no1. The number of aryl methyl sites for hydroxylation is 1. The number of para-hydroxylation sites is 1. The summed E-state index contributed by atoms with van der Waals surface area (Å²) in [6.07, 6.45) is 1.57. The van der Waals surface area contributed by atoms with E-state index in [4.69, 9.17) is 10.3 Å². The zero-order chi connectivity index (χ0) is 21.3. The molecule has 0 aliphatic heterocycles. The van der Waals surface area contributed by atoms with Crippen LogP contribution in [0.3, 0.4) is 0 Å². The van der Waals surface area contributed by atoms with E-state index in [-0.39, 0.29) is 10.7 Å². The van der Waals surface area contributed by atoms with Gasteiger partial charge in [-0.15, -0.1) is 0 Å². The van der Waals surface area contributed by atoms with Crippen LogP contribution < -0.4 is 11.1 Å². The van der Waals surface area contributed by atoms with Gasteiger partial charge in [0.05, 0.1) is 4.90 Å². The Morgan fingerprint density at radius 2 is 1.97 bits per heavy atom. The molecule has 154 valence electrons. The summed E-state index contributed by atoms with van der Waals surface area (Å²) in [6, 6.07) is 16.1. The van der Waals surface area contributed by atoms with Crippen molar-refractivity contribution in [2.45, 2.75) is 18.4 Å². The molecule has 0 radical (unpaired) electrons. The van der Waals surface area contributed by atoms with Crippen molar-refractivity contribution in [3.63, 3.8) is 0 Å². The average molecular weight is 424 g/mol. The maximum atomic E-state index is 13.0. The number of fused-ring (bicyclic) bond motifs is 1. The Hall–Kier alpha value is -3.59. The molecule has 0 aliphatic rings. The third kappa shape index (κ3) is 4.06. The first kappa shape index (κ1) is 19.7. The predicted octanol–water partition coefficient (Wildman–Crippen LogP) is 2.98. The van der Waals surface area contributed by atoms with Crippen molar-refractivity contribution in [3.8, 4) is 0 Å². The molecule has 0 fully saturated rings. The number of anilines is 2. The Labute approximate surface area is 173 Å². The number of hydrogen-bond donors (Lipinski definition) is 2. The van der Waals surface area contributed by atoms with Crippen LogP contribution in [-0.2, 0) is 21.2 Å². The largest absolute Gasteiger partial charge is 0.399 e. The van der Waals surface area contributed by atoms with Crippen LogP contribution in [0, 0.1) is 6.92 Å². The third-order valence-electron chi connectivity index (χ3n) is 4.61. The fraction of sp³-hybridized carbons (Fsp3) is 0.143. The maximum Gasteiger partial charge on any atom is 0.241 e. The number of hydrogen-bond acceptors (Lipinski definition) is 6. The Bertz CT molecular complexity index is 1340. The van der Waals surface area contributed by atoms with Gasteiger partial charge in [0.15, 0.2) is 15.7 Å². The molecule has 1 amide bonds. The highest BCUT2D eigenvalue weighted by Crippen LogP contribution is 2.27. The molecule has 0 saturated carbocycles. The van der Waals surface area contributed by atoms with Crippen molar-refractivity contribution >= 4 is 38.2 Å². The summed E-state index contributed by atoms with van der Waals surface area (Å²) in [7, 11) is -3.89. The standard InChI is InChI=1S/C21H20N4O4S/c1-14-9-20(24-29-14)23-21(26)13-30(27,28)19-12-25(18-8-3-2-7-17(18)19)11-15-5-4-6-16(22)10-15/h2-10,12H,11,13,22H2,1H3,(H,23,24,26). The highest BCUT2D eigenvalue weighted by atomic mass is 32.2. The minimum atomic E-state index is -3.89. The number of nitrogens with zero attached hydrogens (tertiary/aromatic N) is 2. The van der Waals surface area contributed by atoms with Crippen LogP contribution in [0.1, 0.15) is 11.3 Å². The molecule has 3 N–H and O–H groups in total. The smallest absolute Gasteiger partial charge is 0.241 e. The van der Waals surface area contributed by atoms with Crippen LogP contribution in [0.25, 0.3) is 10.9 Å². The van der Waals surface area contributed by atoms with E-state index < -0.39 is 21.5 Å². The van der Waals surface area contributed by atoms with E-state index in [1.54, 1.807) is 31.3 Å². The molecule has 0 saturated heterocycles. The number of benzene rings is 2. The first-order valence-electron chi connectivity index (χ1n) is 9.20. The molecule has 2 aromatic heterocycles. The summed E-state index contributed by atoms with van der Waals surface area (Å²) in [4.78, 5) is 12.4. The summed E-state index contributed by atoms with van der Waals surface area (Å²) in [6.45, 7) is 2.13. The molecule has 9 heteroatoms. The topological polar surface area (TPSA) is 120 Å². The molecule has 30 heavy (non-hydrogen) atoms. The number of nitrogens with one attached hydrogen (secondary N) is 1. The fourth-order valence-corrected chi connectivity index (χ4v) is 4.70. The Morgan fingerprint density at radius 1 is 1.17 bits per heavy atom. The minimum absolute atomic E-state index is 0.105. The average Bonchev–Trinajstić information content (AvgIpc) is 3.25. The molecular weight excluding hydrogens is 404 g/mol. The molecule has 4 aromatic rings. The van der Waals surface area contributed by atoms with Crippen molar-refractivity contribution < 1.29 is 17.7 Å². The number of amides is 1. The lowest BCUT2D eigenvalue weighted by Crippen LogP contribution is -2.23. The number of sulfone groups is 1. The molecule has 2 heterocycles. The van der Waals surface area contributed by atoms with E-state index in [2.05, 4.69) is 10.5 Å². The van der Waals surface area contributed by atoms with Gasteiger partial charge >= 0.3 is 0 Å². The fourth-order valence-electron chi connectivity index (χ4n) is 3.33. The van der Waals surface area contributed by atoms with Crippen LogP contribution >= 0.6 is 0 Å². The van der Waals surface area contributed by atoms with Gasteiger partial charge in [-0.3, -0.25) is 4.79 Å². The van der Waals surface area contributed by atoms with Gasteiger partial charge in [0, 0.05) is 35.4 Å². The number of carbonyl (C=O) groups excluding carboxylic acids is 1. The van der Waals surface area contributed by atoms with E-state index in [0.29, 0.717) is 23.4 Å². The van der Waals surface area contributed by atoms with Crippen LogP contribution in [-0.4, -0.2) is 29.8 Å². The molecule has 8 nitrogen and oxygen atoms in total. The first-order chi connectivity index (χ1) is 14.3. The maximum absolute atomic E-state index is 13.0. The van der Waals surface area contributed by atoms with E-state index in [0.717, 1.165) is 11.1 Å². The van der Waals surface area contributed by atoms with E-state index in [1.807, 2.05) is 34.9 Å². The van der Waals surface area contributed by atoms with Crippen LogP contribution in [0.15, 0.2) is 70.2 Å². The third-order valence-corrected chi connectivity index (χ3v) is 6.25. The molecule has 0 atom stereocenters. The van der Waals surface area contributed by atoms with Crippen molar-refractivity contribution in [2.24, 2.45) is 0 Å². The van der Waals surface area contributed by atoms with Crippen molar-refractivity contribution in [3.05, 3.63) is 72.1 Å². The van der Waals surface area contributed by atoms with Gasteiger partial charge in [0.1, 0.15) is 11.5 Å². The Morgan fingerprint density at radius 3 is 2.70 bits per heavy atom. The van der Waals surface area contributed by atoms with Gasteiger partial charge in [-0.1, -0.05) is 35.5 Å². The number of nitrogen functional groups attached to an aromatic ring is 1. The van der Waals surface area contributed by atoms with Crippen LogP contribution in [0.5, 0.6) is 0 Å². The van der Waals surface area contributed by atoms with Crippen molar-refractivity contribution in [1.82, 2.24) is 9.72 Å².